The van der Waals surface area contributed by atoms with Crippen molar-refractivity contribution in [2.45, 2.75) is 45.9 Å². The number of hydrogen-bond donors (Lipinski definition) is 1. The van der Waals surface area contributed by atoms with Gasteiger partial charge >= 0.3 is 0 Å². The molecule has 0 saturated heterocycles. The Morgan fingerprint density at radius 1 is 1.19 bits per heavy atom. The van der Waals surface area contributed by atoms with Gasteiger partial charge in [-0.3, -0.25) is 4.79 Å². The van der Waals surface area contributed by atoms with Crippen molar-refractivity contribution in [2.75, 3.05) is 21.2 Å². The van der Waals surface area contributed by atoms with Gasteiger partial charge in [0, 0.05) is 27.2 Å². The van der Waals surface area contributed by atoms with Gasteiger partial charge in [-0.2, -0.15) is 0 Å². The van der Waals surface area contributed by atoms with E-state index in [1.807, 2.05) is 27.7 Å². The molecule has 0 rings (SSSR count). The van der Waals surface area contributed by atoms with Gasteiger partial charge in [0.25, 0.3) is 0 Å². The maximum absolute atomic E-state index is 12.0. The summed E-state index contributed by atoms with van der Waals surface area (Å²) < 4.78 is 5.25. The van der Waals surface area contributed by atoms with Crippen LogP contribution in [0.5, 0.6) is 0 Å². The molecule has 0 aromatic heterocycles. The molecule has 4 heteroatoms. The van der Waals surface area contributed by atoms with E-state index >= 15 is 0 Å². The van der Waals surface area contributed by atoms with Gasteiger partial charge in [-0.1, -0.05) is 13.8 Å². The molecule has 96 valence electrons. The summed E-state index contributed by atoms with van der Waals surface area (Å²) in [5, 5.41) is 3.33. The van der Waals surface area contributed by atoms with E-state index in [1.54, 1.807) is 26.1 Å². The van der Waals surface area contributed by atoms with Gasteiger partial charge in [0.1, 0.15) is 0 Å². The summed E-state index contributed by atoms with van der Waals surface area (Å²) in [6.45, 7) is 8.12. The van der Waals surface area contributed by atoms with Crippen LogP contribution in [-0.4, -0.2) is 50.2 Å². The second kappa shape index (κ2) is 6.86. The lowest BCUT2D eigenvalue weighted by atomic mass is 10.0. The largest absolute Gasteiger partial charge is 0.380 e. The monoisotopic (exact) mass is 230 g/mol. The Balaban J connectivity index is 4.51. The number of rotatable bonds is 6. The minimum absolute atomic E-state index is 0.0937. The van der Waals surface area contributed by atoms with Crippen molar-refractivity contribution in [3.8, 4) is 0 Å². The predicted molar refractivity (Wildman–Crippen MR) is 66.4 cm³/mol. The summed E-state index contributed by atoms with van der Waals surface area (Å²) in [5.74, 6) is 0.381. The Bertz CT molecular complexity index is 217. The summed E-state index contributed by atoms with van der Waals surface area (Å²) in [6, 6.07) is 0.00361. The summed E-state index contributed by atoms with van der Waals surface area (Å²) in [5.41, 5.74) is 0. The van der Waals surface area contributed by atoms with Gasteiger partial charge in [-0.15, -0.1) is 0 Å². The molecule has 1 N–H and O–H groups in total. The third kappa shape index (κ3) is 4.49. The van der Waals surface area contributed by atoms with Gasteiger partial charge in [0.2, 0.25) is 5.91 Å². The van der Waals surface area contributed by atoms with Crippen molar-refractivity contribution in [2.24, 2.45) is 5.92 Å². The zero-order valence-electron chi connectivity index (χ0n) is 11.6. The van der Waals surface area contributed by atoms with Crippen molar-refractivity contribution in [3.05, 3.63) is 0 Å². The lowest BCUT2D eigenvalue weighted by molar-refractivity contribution is -0.132. The highest BCUT2D eigenvalue weighted by molar-refractivity contribution is 5.81. The number of nitrogens with one attached hydrogen (secondary N) is 1. The van der Waals surface area contributed by atoms with E-state index in [0.717, 1.165) is 0 Å². The molecule has 0 aliphatic heterocycles. The second-order valence-electron chi connectivity index (χ2n) is 4.85. The normalized spacial score (nSPS) is 17.0. The van der Waals surface area contributed by atoms with Crippen LogP contribution in [0.25, 0.3) is 0 Å². The van der Waals surface area contributed by atoms with Crippen LogP contribution in [0.2, 0.25) is 0 Å². The average Bonchev–Trinajstić information content (AvgIpc) is 2.22. The molecular formula is C12H26N2O2. The molecule has 0 aromatic carbocycles. The van der Waals surface area contributed by atoms with Crippen molar-refractivity contribution in [1.29, 1.82) is 0 Å². The van der Waals surface area contributed by atoms with Crippen LogP contribution in [0.4, 0.5) is 0 Å². The summed E-state index contributed by atoms with van der Waals surface area (Å²) >= 11 is 0. The first kappa shape index (κ1) is 15.4. The van der Waals surface area contributed by atoms with Crippen LogP contribution in [0.1, 0.15) is 27.7 Å². The average molecular weight is 230 g/mol. The minimum Gasteiger partial charge on any atom is -0.380 e. The van der Waals surface area contributed by atoms with Gasteiger partial charge in [-0.05, 0) is 19.8 Å². The number of likely N-dealkylation sites (N-methyl/N-ethyl adjacent to an activating group) is 1. The van der Waals surface area contributed by atoms with Gasteiger partial charge in [0.05, 0.1) is 12.1 Å². The van der Waals surface area contributed by atoms with Crippen molar-refractivity contribution < 1.29 is 9.53 Å². The van der Waals surface area contributed by atoms with E-state index in [0.29, 0.717) is 0 Å². The quantitative estimate of drug-likeness (QED) is 0.743. The molecule has 0 bridgehead atoms. The zero-order chi connectivity index (χ0) is 12.9. The number of hydrogen-bond acceptors (Lipinski definition) is 3. The molecule has 4 nitrogen and oxygen atoms in total. The fourth-order valence-electron chi connectivity index (χ4n) is 1.45. The molecule has 0 aliphatic rings. The second-order valence-corrected chi connectivity index (χ2v) is 4.85. The molecule has 1 amide bonds. The molecule has 0 spiro atoms. The Morgan fingerprint density at radius 3 is 2.00 bits per heavy atom. The van der Waals surface area contributed by atoms with Gasteiger partial charge in [-0.25, -0.2) is 0 Å². The smallest absolute Gasteiger partial charge is 0.239 e. The van der Waals surface area contributed by atoms with E-state index in [4.69, 9.17) is 4.74 Å². The van der Waals surface area contributed by atoms with Crippen LogP contribution in [-0.2, 0) is 9.53 Å². The topological polar surface area (TPSA) is 41.6 Å². The van der Waals surface area contributed by atoms with Crippen LogP contribution in [0, 0.1) is 5.92 Å². The molecule has 0 aromatic rings. The summed E-state index contributed by atoms with van der Waals surface area (Å²) in [7, 11) is 5.24. The molecule has 3 atom stereocenters. The third-order valence-electron chi connectivity index (χ3n) is 2.89. The Hall–Kier alpha value is -0.610. The first-order valence-electron chi connectivity index (χ1n) is 5.81. The first-order valence-corrected chi connectivity index (χ1v) is 5.81. The lowest BCUT2D eigenvalue weighted by Crippen LogP contribution is -2.52. The summed E-state index contributed by atoms with van der Waals surface area (Å²) in [6.07, 6.45) is 0.0937. The van der Waals surface area contributed by atoms with Gasteiger partial charge < -0.3 is 15.0 Å². The Kier molecular flexibility index (Phi) is 6.60. The van der Waals surface area contributed by atoms with Crippen LogP contribution in [0.15, 0.2) is 0 Å². The maximum Gasteiger partial charge on any atom is 0.239 e. The highest BCUT2D eigenvalue weighted by atomic mass is 16.5. The van der Waals surface area contributed by atoms with E-state index in [-0.39, 0.29) is 30.0 Å². The molecule has 3 unspecified atom stereocenters. The van der Waals surface area contributed by atoms with Crippen LogP contribution in [0.3, 0.4) is 0 Å². The number of carbonyl (C=O) groups is 1. The fraction of sp³-hybridized carbons (Fsp3) is 0.917. The lowest BCUT2D eigenvalue weighted by Gasteiger charge is -2.30. The maximum atomic E-state index is 12.0. The van der Waals surface area contributed by atoms with E-state index < -0.39 is 0 Å². The number of nitrogens with zero attached hydrogens (tertiary/aromatic N) is 1. The fourth-order valence-corrected chi connectivity index (χ4v) is 1.45. The molecule has 0 radical (unpaired) electrons. The molecule has 0 heterocycles. The minimum atomic E-state index is -0.150. The molecule has 0 saturated carbocycles. The first-order chi connectivity index (χ1) is 7.31. The molecule has 16 heavy (non-hydrogen) atoms. The highest BCUT2D eigenvalue weighted by Gasteiger charge is 2.26. The highest BCUT2D eigenvalue weighted by Crippen LogP contribution is 2.07. The van der Waals surface area contributed by atoms with E-state index in [9.17, 15) is 4.79 Å². The Morgan fingerprint density at radius 2 is 1.69 bits per heavy atom. The summed E-state index contributed by atoms with van der Waals surface area (Å²) in [4.78, 5) is 13.6. The number of methoxy groups -OCH3 is 1. The van der Waals surface area contributed by atoms with Crippen molar-refractivity contribution in [1.82, 2.24) is 10.2 Å². The zero-order valence-corrected chi connectivity index (χ0v) is 11.6. The molecule has 0 aliphatic carbocycles. The number of carbonyl (C=O) groups excluding carboxylic acids is 1. The van der Waals surface area contributed by atoms with Crippen LogP contribution >= 0.6 is 0 Å². The number of ether oxygens (including phenoxy) is 1. The van der Waals surface area contributed by atoms with E-state index in [1.165, 1.54) is 0 Å². The van der Waals surface area contributed by atoms with Gasteiger partial charge in [0.15, 0.2) is 0 Å². The van der Waals surface area contributed by atoms with Crippen molar-refractivity contribution in [3.63, 3.8) is 0 Å². The SMILES string of the molecule is COC(C)C(C)NC(C(=O)N(C)C)C(C)C. The number of amides is 1. The standard InChI is InChI=1S/C12H26N2O2/c1-8(2)11(12(15)14(5)6)13-9(3)10(4)16-7/h8-11,13H,1-7H3. The third-order valence-corrected chi connectivity index (χ3v) is 2.89. The van der Waals surface area contributed by atoms with Crippen LogP contribution < -0.4 is 5.32 Å². The van der Waals surface area contributed by atoms with E-state index in [2.05, 4.69) is 5.32 Å². The van der Waals surface area contributed by atoms with Crippen molar-refractivity contribution >= 4 is 5.91 Å². The predicted octanol–water partition coefficient (Wildman–Crippen LogP) is 1.11. The Labute approximate surface area is 99.3 Å². The molecule has 0 fully saturated rings. The molecular weight excluding hydrogens is 204 g/mol.